The monoisotopic (exact) mass is 729 g/mol. The Kier molecular flexibility index (Phi) is 6.83. The van der Waals surface area contributed by atoms with Crippen LogP contribution in [-0.4, -0.2) is 24.1 Å². The van der Waals surface area contributed by atoms with E-state index in [-0.39, 0.29) is 0 Å². The summed E-state index contributed by atoms with van der Waals surface area (Å²) in [6.07, 6.45) is 0. The Balaban J connectivity index is 1.14. The Morgan fingerprint density at radius 2 is 0.754 bits per heavy atom. The second-order valence-electron chi connectivity index (χ2n) is 14.5. The molecule has 0 spiro atoms. The van der Waals surface area contributed by atoms with E-state index < -0.39 is 0 Å². The predicted molar refractivity (Wildman–Crippen MR) is 232 cm³/mol. The summed E-state index contributed by atoms with van der Waals surface area (Å²) in [6.45, 7) is 0. The number of nitrogens with zero attached hydrogens (tertiary/aromatic N) is 5. The van der Waals surface area contributed by atoms with Crippen LogP contribution in [0.1, 0.15) is 0 Å². The fourth-order valence-corrected chi connectivity index (χ4v) is 8.55. The third-order valence-electron chi connectivity index (χ3n) is 11.2. The summed E-state index contributed by atoms with van der Waals surface area (Å²) >= 11 is 0. The number of benzene rings is 8. The van der Waals surface area contributed by atoms with Gasteiger partial charge < -0.3 is 4.42 Å². The first-order valence-corrected chi connectivity index (χ1v) is 19.1. The van der Waals surface area contributed by atoms with Crippen molar-refractivity contribution in [3.63, 3.8) is 0 Å². The van der Waals surface area contributed by atoms with Crippen LogP contribution in [0.4, 0.5) is 0 Å². The summed E-state index contributed by atoms with van der Waals surface area (Å²) in [5, 5.41) is 6.65. The van der Waals surface area contributed by atoms with Crippen molar-refractivity contribution < 1.29 is 4.42 Å². The number of furan rings is 1. The number of fused-ring (bicyclic) bond motifs is 9. The molecule has 266 valence electrons. The average Bonchev–Trinajstić information content (AvgIpc) is 3.94. The number of rotatable bonds is 5. The molecular formula is C51H31N5O. The molecule has 0 aliphatic rings. The first-order valence-electron chi connectivity index (χ1n) is 19.1. The fraction of sp³-hybridized carbons (Fsp3) is 0. The van der Waals surface area contributed by atoms with Gasteiger partial charge in [0, 0.05) is 37.9 Å². The maximum absolute atomic E-state index is 6.36. The van der Waals surface area contributed by atoms with Gasteiger partial charge in [-0.15, -0.1) is 0 Å². The van der Waals surface area contributed by atoms with Gasteiger partial charge in [0.25, 0.3) is 0 Å². The number of hydrogen-bond acceptors (Lipinski definition) is 4. The molecule has 0 aliphatic heterocycles. The van der Waals surface area contributed by atoms with Crippen LogP contribution in [0.5, 0.6) is 0 Å². The topological polar surface area (TPSA) is 61.7 Å². The van der Waals surface area contributed by atoms with E-state index in [2.05, 4.69) is 173 Å². The molecule has 0 saturated carbocycles. The molecule has 0 bridgehead atoms. The molecule has 12 aromatic rings. The Bertz CT molecular complexity index is 3350. The summed E-state index contributed by atoms with van der Waals surface area (Å²) in [5.41, 5.74) is 11.2. The van der Waals surface area contributed by atoms with Gasteiger partial charge in [0.2, 0.25) is 11.9 Å². The molecule has 0 aliphatic carbocycles. The SMILES string of the molecule is c1ccc(-c2ccc3c(c2)c2ccccc2n3-c2nc(-c3ccc4c(c3)oc3ccccc34)nc(-n3c4ccccc4c4cc(-c5ccccc5)ccc43)n2)cc1. The van der Waals surface area contributed by atoms with Crippen LogP contribution in [-0.2, 0) is 0 Å². The minimum Gasteiger partial charge on any atom is -0.456 e. The van der Waals surface area contributed by atoms with Crippen LogP contribution >= 0.6 is 0 Å². The van der Waals surface area contributed by atoms with Crippen molar-refractivity contribution in [1.82, 2.24) is 24.1 Å². The van der Waals surface area contributed by atoms with Gasteiger partial charge in [-0.3, -0.25) is 9.13 Å². The van der Waals surface area contributed by atoms with Crippen molar-refractivity contribution in [3.05, 3.63) is 188 Å². The largest absolute Gasteiger partial charge is 0.456 e. The Labute approximate surface area is 326 Å². The lowest BCUT2D eigenvalue weighted by atomic mass is 10.0. The van der Waals surface area contributed by atoms with Crippen LogP contribution in [0.2, 0.25) is 0 Å². The lowest BCUT2D eigenvalue weighted by molar-refractivity contribution is 0.669. The van der Waals surface area contributed by atoms with Crippen LogP contribution in [0.25, 0.3) is 111 Å². The summed E-state index contributed by atoms with van der Waals surface area (Å²) in [6, 6.07) is 65.7. The van der Waals surface area contributed by atoms with Crippen molar-refractivity contribution in [3.8, 4) is 45.5 Å². The van der Waals surface area contributed by atoms with E-state index in [9.17, 15) is 0 Å². The van der Waals surface area contributed by atoms with E-state index in [0.717, 1.165) is 82.2 Å². The van der Waals surface area contributed by atoms with Gasteiger partial charge in [-0.05, 0) is 76.9 Å². The van der Waals surface area contributed by atoms with Crippen molar-refractivity contribution in [2.75, 3.05) is 0 Å². The molecule has 0 N–H and O–H groups in total. The Morgan fingerprint density at radius 3 is 1.33 bits per heavy atom. The van der Waals surface area contributed by atoms with E-state index in [4.69, 9.17) is 19.4 Å². The van der Waals surface area contributed by atoms with E-state index >= 15 is 0 Å². The maximum atomic E-state index is 6.36. The molecule has 0 unspecified atom stereocenters. The minimum absolute atomic E-state index is 0.533. The van der Waals surface area contributed by atoms with Crippen molar-refractivity contribution in [2.45, 2.75) is 0 Å². The molecule has 4 aromatic heterocycles. The van der Waals surface area contributed by atoms with Gasteiger partial charge >= 0.3 is 0 Å². The zero-order chi connectivity index (χ0) is 37.5. The molecule has 4 heterocycles. The van der Waals surface area contributed by atoms with Crippen LogP contribution in [0.15, 0.2) is 192 Å². The van der Waals surface area contributed by atoms with E-state index in [0.29, 0.717) is 17.7 Å². The van der Waals surface area contributed by atoms with Gasteiger partial charge in [-0.25, -0.2) is 0 Å². The van der Waals surface area contributed by atoms with E-state index in [1.807, 2.05) is 24.3 Å². The van der Waals surface area contributed by atoms with Crippen LogP contribution in [0.3, 0.4) is 0 Å². The third kappa shape index (κ3) is 4.94. The molecule has 0 radical (unpaired) electrons. The quantitative estimate of drug-likeness (QED) is 0.177. The summed E-state index contributed by atoms with van der Waals surface area (Å²) in [5.74, 6) is 1.62. The first-order chi connectivity index (χ1) is 28.2. The number of aromatic nitrogens is 5. The molecular weight excluding hydrogens is 699 g/mol. The molecule has 0 fully saturated rings. The van der Waals surface area contributed by atoms with E-state index in [1.165, 1.54) is 11.1 Å². The molecule has 6 heteroatoms. The maximum Gasteiger partial charge on any atom is 0.240 e. The number of para-hydroxylation sites is 3. The lowest BCUT2D eigenvalue weighted by Gasteiger charge is -2.13. The van der Waals surface area contributed by atoms with Gasteiger partial charge in [-0.2, -0.15) is 15.0 Å². The highest BCUT2D eigenvalue weighted by atomic mass is 16.3. The molecule has 0 atom stereocenters. The summed E-state index contributed by atoms with van der Waals surface area (Å²) in [4.78, 5) is 16.0. The second kappa shape index (κ2) is 12.3. The summed E-state index contributed by atoms with van der Waals surface area (Å²) in [7, 11) is 0. The van der Waals surface area contributed by atoms with Gasteiger partial charge in [0.15, 0.2) is 5.82 Å². The normalized spacial score (nSPS) is 11.9. The fourth-order valence-electron chi connectivity index (χ4n) is 8.55. The Morgan fingerprint density at radius 1 is 0.298 bits per heavy atom. The second-order valence-corrected chi connectivity index (χ2v) is 14.5. The lowest BCUT2D eigenvalue weighted by Crippen LogP contribution is -2.10. The number of hydrogen-bond donors (Lipinski definition) is 0. The average molecular weight is 730 g/mol. The van der Waals surface area contributed by atoms with Crippen molar-refractivity contribution in [1.29, 1.82) is 0 Å². The first kappa shape index (κ1) is 31.5. The van der Waals surface area contributed by atoms with Crippen molar-refractivity contribution in [2.24, 2.45) is 0 Å². The van der Waals surface area contributed by atoms with Crippen LogP contribution in [0, 0.1) is 0 Å². The third-order valence-corrected chi connectivity index (χ3v) is 11.2. The van der Waals surface area contributed by atoms with Gasteiger partial charge in [0.1, 0.15) is 11.2 Å². The van der Waals surface area contributed by atoms with E-state index in [1.54, 1.807) is 0 Å². The van der Waals surface area contributed by atoms with Gasteiger partial charge in [0.05, 0.1) is 22.1 Å². The highest BCUT2D eigenvalue weighted by molar-refractivity contribution is 6.12. The highest BCUT2D eigenvalue weighted by Crippen LogP contribution is 2.38. The van der Waals surface area contributed by atoms with Gasteiger partial charge in [-0.1, -0.05) is 133 Å². The summed E-state index contributed by atoms with van der Waals surface area (Å²) < 4.78 is 10.7. The van der Waals surface area contributed by atoms with Crippen LogP contribution < -0.4 is 0 Å². The molecule has 8 aromatic carbocycles. The van der Waals surface area contributed by atoms with Crippen molar-refractivity contribution >= 4 is 65.6 Å². The minimum atomic E-state index is 0.533. The molecule has 12 rings (SSSR count). The zero-order valence-electron chi connectivity index (χ0n) is 30.5. The molecule has 6 nitrogen and oxygen atoms in total. The Hall–Kier alpha value is -7.83. The highest BCUT2D eigenvalue weighted by Gasteiger charge is 2.22. The molecule has 0 amide bonds. The predicted octanol–water partition coefficient (Wildman–Crippen LogP) is 13.0. The zero-order valence-corrected chi connectivity index (χ0v) is 30.5. The molecule has 57 heavy (non-hydrogen) atoms. The molecule has 0 saturated heterocycles. The smallest absolute Gasteiger partial charge is 0.240 e. The standard InChI is InChI=1S/C51H31N5O/c1-3-13-32(14-4-1)34-24-27-45-41(29-34)37-17-7-10-20-43(37)55(45)50-52-49(36-23-26-40-39-19-9-12-22-47(39)57-48(40)31-36)53-51(54-50)56-44-21-11-8-18-38(44)42-30-35(25-28-46(42)56)33-15-5-2-6-16-33/h1-31H.